The van der Waals surface area contributed by atoms with Gasteiger partial charge in [-0.15, -0.1) is 4.83 Å². The number of hydrogen-bond acceptors (Lipinski definition) is 5. The monoisotopic (exact) mass is 426 g/mol. The molecule has 3 aromatic rings. The molecular formula is C21H19ClN4O2S. The molecule has 0 saturated carbocycles. The predicted molar refractivity (Wildman–Crippen MR) is 115 cm³/mol. The first-order valence-corrected chi connectivity index (χ1v) is 10.8. The van der Waals surface area contributed by atoms with Gasteiger partial charge in [-0.25, -0.2) is 13.4 Å². The number of nitrogens with zero attached hydrogens (tertiary/aromatic N) is 1. The maximum Gasteiger partial charge on any atom is 0.257 e. The number of guanidine groups is 1. The summed E-state index contributed by atoms with van der Waals surface area (Å²) < 4.78 is 25.1. The minimum absolute atomic E-state index is 0.166. The highest BCUT2D eigenvalue weighted by molar-refractivity contribution is 7.89. The number of aliphatic imine (C=N–C) groups is 1. The topological polar surface area (TPSA) is 82.6 Å². The quantitative estimate of drug-likeness (QED) is 0.550. The van der Waals surface area contributed by atoms with Crippen LogP contribution in [0.2, 0.25) is 5.02 Å². The third-order valence-corrected chi connectivity index (χ3v) is 6.07. The Hall–Kier alpha value is -2.87. The maximum atomic E-state index is 12.6. The zero-order valence-electron chi connectivity index (χ0n) is 15.6. The highest BCUT2D eigenvalue weighted by Crippen LogP contribution is 2.36. The van der Waals surface area contributed by atoms with E-state index in [1.165, 1.54) is 0 Å². The first-order chi connectivity index (χ1) is 13.9. The van der Waals surface area contributed by atoms with E-state index in [-0.39, 0.29) is 10.9 Å². The van der Waals surface area contributed by atoms with E-state index in [2.05, 4.69) is 20.6 Å². The molecule has 29 heavy (non-hydrogen) atoms. The minimum Gasteiger partial charge on any atom is -0.325 e. The molecule has 0 aromatic heterocycles. The summed E-state index contributed by atoms with van der Waals surface area (Å²) in [6, 6.07) is 21.5. The number of nitrogens with one attached hydrogen (secondary N) is 3. The summed E-state index contributed by atoms with van der Waals surface area (Å²) in [6.07, 6.45) is 0. The molecule has 0 spiro atoms. The lowest BCUT2D eigenvalue weighted by Gasteiger charge is -2.26. The van der Waals surface area contributed by atoms with Gasteiger partial charge in [0, 0.05) is 16.3 Å². The second-order valence-corrected chi connectivity index (χ2v) is 8.81. The summed E-state index contributed by atoms with van der Waals surface area (Å²) in [5.74, 6) is 0.296. The van der Waals surface area contributed by atoms with Crippen LogP contribution >= 0.6 is 11.6 Å². The minimum atomic E-state index is -3.75. The number of hydrogen-bond donors (Lipinski definition) is 3. The summed E-state index contributed by atoms with van der Waals surface area (Å²) in [7, 11) is -3.75. The zero-order chi connectivity index (χ0) is 20.4. The third kappa shape index (κ3) is 4.27. The normalized spacial score (nSPS) is 15.8. The van der Waals surface area contributed by atoms with Crippen LogP contribution in [0.1, 0.15) is 22.7 Å². The molecule has 0 saturated heterocycles. The fourth-order valence-corrected chi connectivity index (χ4v) is 4.10. The van der Waals surface area contributed by atoms with Crippen molar-refractivity contribution in [2.75, 3.05) is 5.32 Å². The van der Waals surface area contributed by atoms with Gasteiger partial charge in [-0.3, -0.25) is 5.43 Å². The van der Waals surface area contributed by atoms with Crippen molar-refractivity contribution in [1.29, 1.82) is 0 Å². The van der Waals surface area contributed by atoms with Crippen molar-refractivity contribution < 1.29 is 8.42 Å². The Kier molecular flexibility index (Phi) is 5.27. The molecule has 148 valence electrons. The molecule has 0 unspecified atom stereocenters. The van der Waals surface area contributed by atoms with Crippen molar-refractivity contribution in [1.82, 2.24) is 10.3 Å². The number of fused-ring (bicyclic) bond motifs is 1. The van der Waals surface area contributed by atoms with Gasteiger partial charge < -0.3 is 5.32 Å². The van der Waals surface area contributed by atoms with E-state index in [4.69, 9.17) is 11.6 Å². The van der Waals surface area contributed by atoms with Crippen LogP contribution in [-0.4, -0.2) is 14.4 Å². The predicted octanol–water partition coefficient (Wildman–Crippen LogP) is 4.00. The number of aryl methyl sites for hydroxylation is 1. The van der Waals surface area contributed by atoms with E-state index < -0.39 is 10.0 Å². The molecule has 0 radical (unpaired) electrons. The Morgan fingerprint density at radius 1 is 1.00 bits per heavy atom. The van der Waals surface area contributed by atoms with E-state index in [1.807, 2.05) is 49.4 Å². The average Bonchev–Trinajstić information content (AvgIpc) is 2.73. The summed E-state index contributed by atoms with van der Waals surface area (Å²) in [5.41, 5.74) is 6.37. The number of rotatable bonds is 4. The number of sulfonamides is 1. The summed E-state index contributed by atoms with van der Waals surface area (Å²) >= 11 is 6.18. The van der Waals surface area contributed by atoms with Crippen LogP contribution in [0.3, 0.4) is 0 Å². The first kappa shape index (κ1) is 19.4. The second-order valence-electron chi connectivity index (χ2n) is 6.69. The van der Waals surface area contributed by atoms with Crippen LogP contribution in [0, 0.1) is 6.92 Å². The second kappa shape index (κ2) is 7.87. The van der Waals surface area contributed by atoms with E-state index >= 15 is 0 Å². The molecule has 3 aromatic carbocycles. The van der Waals surface area contributed by atoms with Gasteiger partial charge in [0.05, 0.1) is 4.90 Å². The van der Waals surface area contributed by atoms with Gasteiger partial charge >= 0.3 is 0 Å². The van der Waals surface area contributed by atoms with Crippen molar-refractivity contribution >= 4 is 33.3 Å². The van der Waals surface area contributed by atoms with Gasteiger partial charge in [0.1, 0.15) is 6.04 Å². The van der Waals surface area contributed by atoms with E-state index in [9.17, 15) is 8.42 Å². The Labute approximate surface area is 174 Å². The van der Waals surface area contributed by atoms with E-state index in [0.29, 0.717) is 11.0 Å². The van der Waals surface area contributed by atoms with Gasteiger partial charge in [-0.05, 0) is 42.8 Å². The van der Waals surface area contributed by atoms with Crippen molar-refractivity contribution in [3.63, 3.8) is 0 Å². The largest absolute Gasteiger partial charge is 0.325 e. The molecule has 4 rings (SSSR count). The first-order valence-electron chi connectivity index (χ1n) is 8.96. The van der Waals surface area contributed by atoms with Gasteiger partial charge in [0.15, 0.2) is 0 Å². The number of hydrazine groups is 1. The van der Waals surface area contributed by atoms with Gasteiger partial charge in [0.25, 0.3) is 10.0 Å². The molecule has 0 bridgehead atoms. The lowest BCUT2D eigenvalue weighted by atomic mass is 9.96. The third-order valence-electron chi connectivity index (χ3n) is 4.57. The Morgan fingerprint density at radius 2 is 1.72 bits per heavy atom. The Balaban J connectivity index is 1.61. The van der Waals surface area contributed by atoms with Gasteiger partial charge in [-0.1, -0.05) is 59.6 Å². The molecule has 0 fully saturated rings. The lowest BCUT2D eigenvalue weighted by molar-refractivity contribution is 0.576. The lowest BCUT2D eigenvalue weighted by Crippen LogP contribution is -2.46. The van der Waals surface area contributed by atoms with E-state index in [0.717, 1.165) is 22.4 Å². The van der Waals surface area contributed by atoms with Crippen LogP contribution in [0.5, 0.6) is 0 Å². The van der Waals surface area contributed by atoms with Crippen molar-refractivity contribution in [3.05, 3.63) is 94.5 Å². The number of anilines is 1. The number of benzene rings is 3. The van der Waals surface area contributed by atoms with Crippen LogP contribution < -0.4 is 15.6 Å². The fraction of sp³-hybridized carbons (Fsp3) is 0.0952. The highest BCUT2D eigenvalue weighted by atomic mass is 35.5. The molecule has 3 N–H and O–H groups in total. The summed E-state index contributed by atoms with van der Waals surface area (Å²) in [5, 5.41) is 3.72. The molecule has 1 aliphatic heterocycles. The molecule has 1 heterocycles. The Morgan fingerprint density at radius 3 is 2.45 bits per heavy atom. The van der Waals surface area contributed by atoms with Crippen molar-refractivity contribution in [2.45, 2.75) is 17.9 Å². The molecule has 1 aliphatic rings. The van der Waals surface area contributed by atoms with E-state index in [1.54, 1.807) is 30.3 Å². The fourth-order valence-electron chi connectivity index (χ4n) is 3.08. The zero-order valence-corrected chi connectivity index (χ0v) is 17.1. The van der Waals surface area contributed by atoms with Crippen molar-refractivity contribution in [2.24, 2.45) is 4.99 Å². The van der Waals surface area contributed by atoms with Crippen LogP contribution in [0.4, 0.5) is 5.69 Å². The SMILES string of the molecule is Cc1ccc(S(=O)(=O)NNC2=N[C@H](c3ccccc3)c3cc(Cl)ccc3N2)cc1. The maximum absolute atomic E-state index is 12.6. The standard InChI is InChI=1S/C21H19ClN4O2S/c1-14-7-10-17(11-8-14)29(27,28)26-25-21-23-19-12-9-16(22)13-18(19)20(24-21)15-5-3-2-4-6-15/h2-13,20,26H,1H3,(H2,23,24,25)/t20-/m1/s1. The molecule has 8 heteroatoms. The molecule has 1 atom stereocenters. The van der Waals surface area contributed by atoms with Crippen LogP contribution in [-0.2, 0) is 10.0 Å². The summed E-state index contributed by atoms with van der Waals surface area (Å²) in [6.45, 7) is 1.90. The van der Waals surface area contributed by atoms with Gasteiger partial charge in [-0.2, -0.15) is 0 Å². The molecule has 0 amide bonds. The van der Waals surface area contributed by atoms with Crippen LogP contribution in [0.25, 0.3) is 0 Å². The van der Waals surface area contributed by atoms with Gasteiger partial charge in [0.2, 0.25) is 5.96 Å². The Bertz CT molecular complexity index is 1160. The van der Waals surface area contributed by atoms with Crippen molar-refractivity contribution in [3.8, 4) is 0 Å². The molecule has 6 nitrogen and oxygen atoms in total. The number of halogens is 1. The van der Waals surface area contributed by atoms with Crippen LogP contribution in [0.15, 0.2) is 82.7 Å². The summed E-state index contributed by atoms with van der Waals surface area (Å²) in [4.78, 5) is 7.20. The smallest absolute Gasteiger partial charge is 0.257 e. The highest BCUT2D eigenvalue weighted by Gasteiger charge is 2.24. The molecule has 0 aliphatic carbocycles. The molecular weight excluding hydrogens is 408 g/mol. The average molecular weight is 427 g/mol.